The maximum atomic E-state index is 13.3. The normalized spacial score (nSPS) is 12.4. The van der Waals surface area contributed by atoms with E-state index in [-0.39, 0.29) is 11.9 Å². The largest absolute Gasteiger partial charge is 0.324 e. The summed E-state index contributed by atoms with van der Waals surface area (Å²) < 4.78 is 13.3. The molecule has 0 aliphatic heterocycles. The van der Waals surface area contributed by atoms with Gasteiger partial charge in [-0.05, 0) is 30.0 Å². The van der Waals surface area contributed by atoms with Gasteiger partial charge in [0.25, 0.3) is 0 Å². The average Bonchev–Trinajstić information content (AvgIpc) is 2.38. The Bertz CT molecular complexity index is 471. The van der Waals surface area contributed by atoms with Gasteiger partial charge in [-0.15, -0.1) is 0 Å². The summed E-state index contributed by atoms with van der Waals surface area (Å²) in [6, 6.07) is 11.5. The molecule has 17 heavy (non-hydrogen) atoms. The van der Waals surface area contributed by atoms with Crippen molar-refractivity contribution in [2.24, 2.45) is 5.73 Å². The molecule has 88 valence electrons. The van der Waals surface area contributed by atoms with Gasteiger partial charge in [0.05, 0.1) is 6.20 Å². The summed E-state index contributed by atoms with van der Waals surface area (Å²) in [7, 11) is 0. The number of rotatable bonds is 4. The Morgan fingerprint density at radius 1 is 1.18 bits per heavy atom. The molecule has 1 aromatic carbocycles. The molecule has 1 unspecified atom stereocenters. The predicted octanol–water partition coefficient (Wildman–Crippen LogP) is 2.85. The maximum absolute atomic E-state index is 13.3. The van der Waals surface area contributed by atoms with Crippen LogP contribution in [-0.4, -0.2) is 4.98 Å². The topological polar surface area (TPSA) is 38.9 Å². The van der Waals surface area contributed by atoms with Crippen molar-refractivity contribution in [1.82, 2.24) is 4.98 Å². The molecule has 0 bridgehead atoms. The molecule has 0 radical (unpaired) electrons. The van der Waals surface area contributed by atoms with Crippen LogP contribution in [0.3, 0.4) is 0 Å². The number of hydrogen-bond donors (Lipinski definition) is 1. The molecule has 0 spiro atoms. The van der Waals surface area contributed by atoms with Crippen molar-refractivity contribution in [3.8, 4) is 0 Å². The summed E-state index contributed by atoms with van der Waals surface area (Å²) in [5, 5.41) is 0. The van der Waals surface area contributed by atoms with Crippen LogP contribution in [0.2, 0.25) is 0 Å². The first-order valence-electron chi connectivity index (χ1n) is 5.66. The van der Waals surface area contributed by atoms with E-state index in [0.29, 0.717) is 12.0 Å². The first-order chi connectivity index (χ1) is 8.27. The number of hydrogen-bond acceptors (Lipinski definition) is 2. The van der Waals surface area contributed by atoms with Crippen molar-refractivity contribution in [1.29, 1.82) is 0 Å². The van der Waals surface area contributed by atoms with Crippen LogP contribution in [0.25, 0.3) is 0 Å². The van der Waals surface area contributed by atoms with Crippen molar-refractivity contribution in [2.75, 3.05) is 0 Å². The Labute approximate surface area is 100 Å². The number of aromatic nitrogens is 1. The Hall–Kier alpha value is -1.74. The molecule has 0 aliphatic carbocycles. The molecule has 2 N–H and O–H groups in total. The lowest BCUT2D eigenvalue weighted by Gasteiger charge is -2.11. The summed E-state index contributed by atoms with van der Waals surface area (Å²) in [4.78, 5) is 3.72. The Balaban J connectivity index is 1.97. The number of nitrogens with zero attached hydrogens (tertiary/aromatic N) is 1. The monoisotopic (exact) mass is 230 g/mol. The first-order valence-corrected chi connectivity index (χ1v) is 5.66. The summed E-state index contributed by atoms with van der Waals surface area (Å²) >= 11 is 0. The Kier molecular flexibility index (Phi) is 3.83. The summed E-state index contributed by atoms with van der Waals surface area (Å²) in [6.45, 7) is 0. The van der Waals surface area contributed by atoms with Crippen LogP contribution in [0.1, 0.15) is 23.6 Å². The Morgan fingerprint density at radius 3 is 2.65 bits per heavy atom. The fourth-order valence-corrected chi connectivity index (χ4v) is 1.78. The van der Waals surface area contributed by atoms with Crippen LogP contribution < -0.4 is 5.73 Å². The average molecular weight is 230 g/mol. The van der Waals surface area contributed by atoms with Gasteiger partial charge in [-0.3, -0.25) is 4.98 Å². The highest BCUT2D eigenvalue weighted by Gasteiger charge is 2.07. The lowest BCUT2D eigenvalue weighted by molar-refractivity contribution is 0.581. The zero-order valence-corrected chi connectivity index (χ0v) is 9.51. The van der Waals surface area contributed by atoms with Crippen molar-refractivity contribution in [3.05, 3.63) is 65.7 Å². The smallest absolute Gasteiger partial charge is 0.144 e. The minimum Gasteiger partial charge on any atom is -0.324 e. The van der Waals surface area contributed by atoms with Gasteiger partial charge in [0.15, 0.2) is 0 Å². The number of benzene rings is 1. The molecule has 0 amide bonds. The van der Waals surface area contributed by atoms with Crippen molar-refractivity contribution >= 4 is 0 Å². The van der Waals surface area contributed by atoms with Crippen molar-refractivity contribution in [3.63, 3.8) is 0 Å². The molecule has 0 fully saturated rings. The molecule has 0 saturated carbocycles. The summed E-state index contributed by atoms with van der Waals surface area (Å²) in [5.74, 6) is -0.257. The predicted molar refractivity (Wildman–Crippen MR) is 65.9 cm³/mol. The van der Waals surface area contributed by atoms with Gasteiger partial charge < -0.3 is 5.73 Å². The van der Waals surface area contributed by atoms with E-state index in [1.54, 1.807) is 12.3 Å². The van der Waals surface area contributed by atoms with E-state index in [0.717, 1.165) is 12.0 Å². The van der Waals surface area contributed by atoms with Crippen LogP contribution in [0, 0.1) is 5.82 Å². The molecule has 3 heteroatoms. The fraction of sp³-hybridized carbons (Fsp3) is 0.214. The molecule has 0 saturated heterocycles. The first kappa shape index (κ1) is 11.7. The molecule has 1 atom stereocenters. The van der Waals surface area contributed by atoms with E-state index in [1.165, 1.54) is 6.20 Å². The summed E-state index contributed by atoms with van der Waals surface area (Å²) in [5.41, 5.74) is 7.81. The molecule has 2 aromatic rings. The van der Waals surface area contributed by atoms with Crippen molar-refractivity contribution in [2.45, 2.75) is 18.9 Å². The van der Waals surface area contributed by atoms with Gasteiger partial charge in [-0.25, -0.2) is 4.39 Å². The molecule has 2 rings (SSSR count). The summed E-state index contributed by atoms with van der Waals surface area (Å²) in [6.07, 6.45) is 4.20. The van der Waals surface area contributed by atoms with E-state index in [2.05, 4.69) is 4.98 Å². The van der Waals surface area contributed by atoms with Crippen LogP contribution in [0.5, 0.6) is 0 Å². The second-order valence-corrected chi connectivity index (χ2v) is 4.02. The zero-order valence-electron chi connectivity index (χ0n) is 9.51. The SMILES string of the molecule is NC(CCc1ccncc1F)c1ccccc1. The number of aryl methyl sites for hydroxylation is 1. The molecule has 1 aromatic heterocycles. The van der Waals surface area contributed by atoms with Crippen LogP contribution >= 0.6 is 0 Å². The number of halogens is 1. The van der Waals surface area contributed by atoms with Gasteiger partial charge in [0, 0.05) is 12.2 Å². The molecule has 2 nitrogen and oxygen atoms in total. The third-order valence-corrected chi connectivity index (χ3v) is 2.81. The minimum atomic E-state index is -0.257. The van der Waals surface area contributed by atoms with Gasteiger partial charge in [-0.1, -0.05) is 30.3 Å². The third kappa shape index (κ3) is 3.11. The second-order valence-electron chi connectivity index (χ2n) is 4.02. The van der Waals surface area contributed by atoms with Gasteiger partial charge >= 0.3 is 0 Å². The Morgan fingerprint density at radius 2 is 1.94 bits per heavy atom. The molecule has 0 aliphatic rings. The molecular weight excluding hydrogens is 215 g/mol. The zero-order chi connectivity index (χ0) is 12.1. The van der Waals surface area contributed by atoms with Gasteiger partial charge in [0.2, 0.25) is 0 Å². The fourth-order valence-electron chi connectivity index (χ4n) is 1.78. The van der Waals surface area contributed by atoms with E-state index in [9.17, 15) is 4.39 Å². The molecular formula is C14H15FN2. The van der Waals surface area contributed by atoms with E-state index in [4.69, 9.17) is 5.73 Å². The van der Waals surface area contributed by atoms with Gasteiger partial charge in [0.1, 0.15) is 5.82 Å². The lowest BCUT2D eigenvalue weighted by Crippen LogP contribution is -2.11. The van der Waals surface area contributed by atoms with Gasteiger partial charge in [-0.2, -0.15) is 0 Å². The quantitative estimate of drug-likeness (QED) is 0.877. The van der Waals surface area contributed by atoms with Crippen LogP contribution in [-0.2, 0) is 6.42 Å². The highest BCUT2D eigenvalue weighted by molar-refractivity contribution is 5.19. The second kappa shape index (κ2) is 5.55. The number of nitrogens with two attached hydrogens (primary N) is 1. The molecule has 1 heterocycles. The van der Waals surface area contributed by atoms with E-state index >= 15 is 0 Å². The van der Waals surface area contributed by atoms with Crippen molar-refractivity contribution < 1.29 is 4.39 Å². The maximum Gasteiger partial charge on any atom is 0.144 e. The standard InChI is InChI=1S/C14H15FN2/c15-13-10-17-9-8-11(13)6-7-14(16)12-4-2-1-3-5-12/h1-5,8-10,14H,6-7,16H2. The highest BCUT2D eigenvalue weighted by Crippen LogP contribution is 2.17. The van der Waals surface area contributed by atoms with E-state index < -0.39 is 0 Å². The van der Waals surface area contributed by atoms with Crippen LogP contribution in [0.15, 0.2) is 48.8 Å². The highest BCUT2D eigenvalue weighted by atomic mass is 19.1. The van der Waals surface area contributed by atoms with Crippen LogP contribution in [0.4, 0.5) is 4.39 Å². The lowest BCUT2D eigenvalue weighted by atomic mass is 10.0. The number of pyridine rings is 1. The van der Waals surface area contributed by atoms with E-state index in [1.807, 2.05) is 30.3 Å². The minimum absolute atomic E-state index is 0.0521. The third-order valence-electron chi connectivity index (χ3n) is 2.81.